The number of halogens is 5. The highest BCUT2D eigenvalue weighted by molar-refractivity contribution is 7.90. The van der Waals surface area contributed by atoms with Crippen LogP contribution >= 0.6 is 11.6 Å². The zero-order valence-corrected chi connectivity index (χ0v) is 29.7. The molecule has 0 aliphatic carbocycles. The van der Waals surface area contributed by atoms with Crippen molar-refractivity contribution in [3.05, 3.63) is 130 Å². The van der Waals surface area contributed by atoms with E-state index in [1.165, 1.54) is 36.5 Å². The maximum Gasteiger partial charge on any atom is 0.573 e. The van der Waals surface area contributed by atoms with E-state index in [9.17, 15) is 31.2 Å². The summed E-state index contributed by atoms with van der Waals surface area (Å²) in [5, 5.41) is 2.89. The normalized spacial score (nSPS) is 13.1. The van der Waals surface area contributed by atoms with Crippen LogP contribution in [0.15, 0.2) is 102 Å². The molecule has 0 spiro atoms. The molecule has 1 amide bonds. The van der Waals surface area contributed by atoms with Crippen LogP contribution in [0.5, 0.6) is 5.75 Å². The van der Waals surface area contributed by atoms with Crippen molar-refractivity contribution >= 4 is 44.4 Å². The number of alkyl halides is 3. The van der Waals surface area contributed by atoms with Crippen LogP contribution < -0.4 is 10.1 Å². The quantitative estimate of drug-likeness (QED) is 0.0896. The van der Waals surface area contributed by atoms with Crippen molar-refractivity contribution in [2.24, 2.45) is 0 Å². The van der Waals surface area contributed by atoms with Crippen LogP contribution in [0.1, 0.15) is 72.0 Å². The third-order valence-corrected chi connectivity index (χ3v) is 10.3. The number of fused-ring (bicyclic) bond motifs is 1. The van der Waals surface area contributed by atoms with E-state index in [2.05, 4.69) is 10.1 Å². The first kappa shape index (κ1) is 38.4. The van der Waals surface area contributed by atoms with E-state index in [1.54, 1.807) is 49.4 Å². The van der Waals surface area contributed by atoms with Crippen molar-refractivity contribution in [2.75, 3.05) is 13.2 Å². The summed E-state index contributed by atoms with van der Waals surface area (Å²) < 4.78 is 93.0. The van der Waals surface area contributed by atoms with Crippen molar-refractivity contribution in [1.82, 2.24) is 9.29 Å². The van der Waals surface area contributed by atoms with E-state index in [-0.39, 0.29) is 40.4 Å². The lowest BCUT2D eigenvalue weighted by atomic mass is 9.75. The van der Waals surface area contributed by atoms with Crippen LogP contribution in [-0.4, -0.2) is 43.8 Å². The van der Waals surface area contributed by atoms with Gasteiger partial charge in [-0.2, -0.15) is 0 Å². The first-order chi connectivity index (χ1) is 24.7. The molecule has 1 aromatic heterocycles. The summed E-state index contributed by atoms with van der Waals surface area (Å²) in [5.74, 6) is -3.41. The predicted molar refractivity (Wildman–Crippen MR) is 189 cm³/mol. The van der Waals surface area contributed by atoms with Crippen molar-refractivity contribution in [2.45, 2.75) is 56.2 Å². The molecular weight excluding hydrogens is 724 g/mol. The summed E-state index contributed by atoms with van der Waals surface area (Å²) in [6.07, 6.45) is -2.46. The Kier molecular flexibility index (Phi) is 12.0. The van der Waals surface area contributed by atoms with E-state index in [4.69, 9.17) is 16.3 Å². The maximum atomic E-state index is 15.9. The van der Waals surface area contributed by atoms with E-state index in [0.717, 1.165) is 27.7 Å². The summed E-state index contributed by atoms with van der Waals surface area (Å²) in [6, 6.07) is 21.9. The van der Waals surface area contributed by atoms with Gasteiger partial charge < -0.3 is 14.8 Å². The molecule has 0 radical (unpaired) electrons. The summed E-state index contributed by atoms with van der Waals surface area (Å²) in [5.41, 5.74) is 1.65. The number of rotatable bonds is 14. The molecule has 52 heavy (non-hydrogen) atoms. The number of benzene rings is 4. The van der Waals surface area contributed by atoms with Gasteiger partial charge in [-0.05, 0) is 84.5 Å². The molecule has 2 unspecified atom stereocenters. The molecule has 1 N–H and O–H groups in total. The van der Waals surface area contributed by atoms with Gasteiger partial charge in [0.15, 0.2) is 0 Å². The highest BCUT2D eigenvalue weighted by atomic mass is 35.5. The molecule has 0 saturated heterocycles. The molecule has 0 bridgehead atoms. The SMILES string of the molecule is CCCC(c1ccc(C(=O)NCCC(=O)OCC)cc1)C(c1ccc(OC(F)(F)F)cc1)c1cn(S(=O)(=O)c2ccccc2)c2c(F)cc(Cl)cc12. The lowest BCUT2D eigenvalue weighted by Crippen LogP contribution is -2.26. The Morgan fingerprint density at radius 1 is 0.923 bits per heavy atom. The number of nitrogens with one attached hydrogen (secondary N) is 1. The van der Waals surface area contributed by atoms with Crippen LogP contribution in [0, 0.1) is 5.82 Å². The number of aromatic nitrogens is 1. The zero-order valence-electron chi connectivity index (χ0n) is 28.1. The van der Waals surface area contributed by atoms with Crippen molar-refractivity contribution < 1.29 is 45.0 Å². The minimum atomic E-state index is -4.92. The molecule has 5 rings (SSSR count). The van der Waals surface area contributed by atoms with Crippen LogP contribution in [-0.2, 0) is 19.6 Å². The summed E-state index contributed by atoms with van der Waals surface area (Å²) in [6.45, 7) is 3.92. The molecular formula is C38H35ClF4N2O6S. The van der Waals surface area contributed by atoms with Crippen LogP contribution in [0.2, 0.25) is 5.02 Å². The molecule has 14 heteroatoms. The molecule has 4 aromatic carbocycles. The fourth-order valence-electron chi connectivity index (χ4n) is 6.25. The monoisotopic (exact) mass is 758 g/mol. The summed E-state index contributed by atoms with van der Waals surface area (Å²) in [7, 11) is -4.34. The fourth-order valence-corrected chi connectivity index (χ4v) is 7.86. The molecule has 1 heterocycles. The average Bonchev–Trinajstić information content (AvgIpc) is 3.49. The van der Waals surface area contributed by atoms with E-state index in [0.29, 0.717) is 29.5 Å². The molecule has 0 fully saturated rings. The van der Waals surface area contributed by atoms with E-state index < -0.39 is 51.7 Å². The average molecular weight is 759 g/mol. The number of ether oxygens (including phenoxy) is 2. The molecule has 5 aromatic rings. The summed E-state index contributed by atoms with van der Waals surface area (Å²) in [4.78, 5) is 24.4. The third kappa shape index (κ3) is 8.76. The van der Waals surface area contributed by atoms with E-state index >= 15 is 4.39 Å². The number of esters is 1. The Labute approximate surface area is 303 Å². The van der Waals surface area contributed by atoms with Crippen molar-refractivity contribution in [3.63, 3.8) is 0 Å². The Balaban J connectivity index is 1.65. The minimum Gasteiger partial charge on any atom is -0.466 e. The Morgan fingerprint density at radius 3 is 2.19 bits per heavy atom. The molecule has 0 aliphatic rings. The second-order valence-electron chi connectivity index (χ2n) is 11.9. The van der Waals surface area contributed by atoms with Crippen molar-refractivity contribution in [1.29, 1.82) is 0 Å². The lowest BCUT2D eigenvalue weighted by Gasteiger charge is -2.29. The highest BCUT2D eigenvalue weighted by Gasteiger charge is 2.34. The van der Waals surface area contributed by atoms with Gasteiger partial charge in [-0.3, -0.25) is 9.59 Å². The number of hydrogen-bond acceptors (Lipinski definition) is 6. The Hall–Kier alpha value is -4.88. The van der Waals surface area contributed by atoms with Gasteiger partial charge in [-0.15, -0.1) is 13.2 Å². The first-order valence-electron chi connectivity index (χ1n) is 16.4. The maximum absolute atomic E-state index is 15.9. The summed E-state index contributed by atoms with van der Waals surface area (Å²) >= 11 is 6.36. The van der Waals surface area contributed by atoms with Gasteiger partial charge in [0.1, 0.15) is 17.1 Å². The van der Waals surface area contributed by atoms with Gasteiger partial charge in [-0.1, -0.05) is 67.4 Å². The van der Waals surface area contributed by atoms with Gasteiger partial charge in [0, 0.05) is 34.6 Å². The first-order valence-corrected chi connectivity index (χ1v) is 18.2. The largest absolute Gasteiger partial charge is 0.573 e. The van der Waals surface area contributed by atoms with Crippen LogP contribution in [0.25, 0.3) is 10.9 Å². The second-order valence-corrected chi connectivity index (χ2v) is 14.2. The highest BCUT2D eigenvalue weighted by Crippen LogP contribution is 2.46. The minimum absolute atomic E-state index is 0.00290. The standard InChI is InChI=1S/C38H35ClF4N2O6S/c1-3-8-30(24-11-13-26(14-12-24)37(47)44-20-19-34(46)50-4-2)35(25-15-17-28(18-16-25)51-38(41,42)43)32-23-45(36-31(32)21-27(39)22-33(36)40)52(48,49)29-9-6-5-7-10-29/h5-7,9-18,21-23,30,35H,3-4,8,19-20H2,1-2H3,(H,44,47). The zero-order chi connectivity index (χ0) is 37.6. The van der Waals surface area contributed by atoms with Gasteiger partial charge in [0.05, 0.1) is 17.9 Å². The van der Waals surface area contributed by atoms with Gasteiger partial charge >= 0.3 is 12.3 Å². The van der Waals surface area contributed by atoms with Gasteiger partial charge in [-0.25, -0.2) is 16.8 Å². The molecule has 0 aliphatic heterocycles. The molecule has 8 nitrogen and oxygen atoms in total. The number of carbonyl (C=O) groups is 2. The smallest absolute Gasteiger partial charge is 0.466 e. The topological polar surface area (TPSA) is 104 Å². The number of hydrogen-bond donors (Lipinski definition) is 1. The number of nitrogens with zero attached hydrogens (tertiary/aromatic N) is 1. The second kappa shape index (κ2) is 16.2. The lowest BCUT2D eigenvalue weighted by molar-refractivity contribution is -0.274. The van der Waals surface area contributed by atoms with E-state index in [1.807, 2.05) is 6.92 Å². The van der Waals surface area contributed by atoms with Crippen LogP contribution in [0.4, 0.5) is 17.6 Å². The third-order valence-electron chi connectivity index (χ3n) is 8.45. The molecule has 274 valence electrons. The van der Waals surface area contributed by atoms with Gasteiger partial charge in [0.2, 0.25) is 0 Å². The molecule has 2 atom stereocenters. The fraction of sp³-hybridized carbons (Fsp3) is 0.263. The Morgan fingerprint density at radius 2 is 1.58 bits per heavy atom. The van der Waals surface area contributed by atoms with Crippen LogP contribution in [0.3, 0.4) is 0 Å². The van der Waals surface area contributed by atoms with Gasteiger partial charge in [0.25, 0.3) is 15.9 Å². The molecule has 0 saturated carbocycles. The Bertz CT molecular complexity index is 2140. The van der Waals surface area contributed by atoms with Crippen molar-refractivity contribution in [3.8, 4) is 5.75 Å². The number of carbonyl (C=O) groups excluding carboxylic acids is 2. The predicted octanol–water partition coefficient (Wildman–Crippen LogP) is 8.97. The number of amides is 1.